The summed E-state index contributed by atoms with van der Waals surface area (Å²) >= 11 is 0. The molecule has 106 valence electrons. The van der Waals surface area contributed by atoms with Crippen molar-refractivity contribution in [2.45, 2.75) is 26.5 Å². The van der Waals surface area contributed by atoms with Gasteiger partial charge < -0.3 is 10.1 Å². The lowest BCUT2D eigenvalue weighted by Gasteiger charge is -2.31. The molecule has 6 nitrogen and oxygen atoms in total. The van der Waals surface area contributed by atoms with E-state index in [9.17, 15) is 4.79 Å². The Morgan fingerprint density at radius 3 is 3.05 bits per heavy atom. The van der Waals surface area contributed by atoms with Gasteiger partial charge in [-0.1, -0.05) is 6.92 Å². The molecule has 0 radical (unpaired) electrons. The van der Waals surface area contributed by atoms with Crippen LogP contribution < -0.4 is 10.9 Å². The first-order valence-electron chi connectivity index (χ1n) is 6.88. The van der Waals surface area contributed by atoms with E-state index >= 15 is 0 Å². The van der Waals surface area contributed by atoms with Crippen molar-refractivity contribution in [3.05, 3.63) is 22.6 Å². The molecule has 1 fully saturated rings. The number of hydrogen-bond donors (Lipinski definition) is 1. The Hall–Kier alpha value is -1.40. The highest BCUT2D eigenvalue weighted by Gasteiger charge is 2.20. The monoisotopic (exact) mass is 266 g/mol. The molecule has 1 aliphatic heterocycles. The fraction of sp³-hybridized carbons (Fsp3) is 0.692. The third kappa shape index (κ3) is 3.78. The number of ether oxygens (including phenoxy) is 1. The second kappa shape index (κ2) is 6.68. The van der Waals surface area contributed by atoms with Crippen LogP contribution in [0.25, 0.3) is 0 Å². The average molecular weight is 266 g/mol. The summed E-state index contributed by atoms with van der Waals surface area (Å²) in [5, 5.41) is 7.27. The Labute approximate surface area is 113 Å². The lowest BCUT2D eigenvalue weighted by Crippen LogP contribution is -2.45. The minimum atomic E-state index is -0.0873. The SMILES string of the molecule is CCNc1cnn(CC2CN(CC)CCO2)c(=O)c1. The number of hydrogen-bond acceptors (Lipinski definition) is 5. The second-order valence-electron chi connectivity index (χ2n) is 4.68. The van der Waals surface area contributed by atoms with E-state index in [1.807, 2.05) is 6.92 Å². The molecule has 0 spiro atoms. The van der Waals surface area contributed by atoms with Crippen LogP contribution in [0.1, 0.15) is 13.8 Å². The minimum absolute atomic E-state index is 0.0453. The Morgan fingerprint density at radius 2 is 2.37 bits per heavy atom. The van der Waals surface area contributed by atoms with E-state index in [4.69, 9.17) is 4.74 Å². The van der Waals surface area contributed by atoms with Crippen molar-refractivity contribution in [3.63, 3.8) is 0 Å². The van der Waals surface area contributed by atoms with Gasteiger partial charge in [0.1, 0.15) is 0 Å². The van der Waals surface area contributed by atoms with Crippen LogP contribution in [-0.4, -0.2) is 53.6 Å². The fourth-order valence-corrected chi connectivity index (χ4v) is 2.24. The third-order valence-electron chi connectivity index (χ3n) is 3.30. The molecule has 0 aliphatic carbocycles. The smallest absolute Gasteiger partial charge is 0.268 e. The van der Waals surface area contributed by atoms with Crippen LogP contribution in [0.2, 0.25) is 0 Å². The highest BCUT2D eigenvalue weighted by Crippen LogP contribution is 2.06. The number of morpholine rings is 1. The van der Waals surface area contributed by atoms with Gasteiger partial charge in [-0.05, 0) is 13.5 Å². The van der Waals surface area contributed by atoms with Crippen molar-refractivity contribution in [2.24, 2.45) is 0 Å². The van der Waals surface area contributed by atoms with Gasteiger partial charge in [0.25, 0.3) is 5.56 Å². The van der Waals surface area contributed by atoms with Gasteiger partial charge in [-0.2, -0.15) is 5.10 Å². The molecular formula is C13H22N4O2. The van der Waals surface area contributed by atoms with E-state index in [0.29, 0.717) is 6.54 Å². The van der Waals surface area contributed by atoms with Crippen LogP contribution in [-0.2, 0) is 11.3 Å². The lowest BCUT2D eigenvalue weighted by atomic mass is 10.2. The van der Waals surface area contributed by atoms with E-state index in [-0.39, 0.29) is 11.7 Å². The van der Waals surface area contributed by atoms with Crippen LogP contribution in [0, 0.1) is 0 Å². The Morgan fingerprint density at radius 1 is 1.53 bits per heavy atom. The van der Waals surface area contributed by atoms with Gasteiger partial charge >= 0.3 is 0 Å². The number of likely N-dealkylation sites (N-methyl/N-ethyl adjacent to an activating group) is 1. The van der Waals surface area contributed by atoms with Gasteiger partial charge in [-0.3, -0.25) is 9.69 Å². The molecule has 1 N–H and O–H groups in total. The van der Waals surface area contributed by atoms with Crippen LogP contribution in [0.5, 0.6) is 0 Å². The zero-order valence-corrected chi connectivity index (χ0v) is 11.6. The van der Waals surface area contributed by atoms with Crippen LogP contribution in [0.3, 0.4) is 0 Å². The van der Waals surface area contributed by atoms with Crippen molar-refractivity contribution < 1.29 is 4.74 Å². The molecule has 1 unspecified atom stereocenters. The first-order chi connectivity index (χ1) is 9.22. The zero-order chi connectivity index (χ0) is 13.7. The van der Waals surface area contributed by atoms with Gasteiger partial charge in [-0.25, -0.2) is 4.68 Å². The maximum Gasteiger partial charge on any atom is 0.268 e. The molecule has 1 aromatic rings. The highest BCUT2D eigenvalue weighted by molar-refractivity contribution is 5.38. The Balaban J connectivity index is 2.00. The first-order valence-corrected chi connectivity index (χ1v) is 6.88. The third-order valence-corrected chi connectivity index (χ3v) is 3.30. The molecular weight excluding hydrogens is 244 g/mol. The van der Waals surface area contributed by atoms with Gasteiger partial charge in [-0.15, -0.1) is 0 Å². The molecule has 19 heavy (non-hydrogen) atoms. The average Bonchev–Trinajstić information content (AvgIpc) is 2.42. The van der Waals surface area contributed by atoms with Crippen LogP contribution >= 0.6 is 0 Å². The quantitative estimate of drug-likeness (QED) is 0.836. The van der Waals surface area contributed by atoms with Crippen molar-refractivity contribution in [1.82, 2.24) is 14.7 Å². The van der Waals surface area contributed by atoms with Gasteiger partial charge in [0.15, 0.2) is 0 Å². The van der Waals surface area contributed by atoms with Crippen molar-refractivity contribution in [2.75, 3.05) is 38.1 Å². The van der Waals surface area contributed by atoms with E-state index in [2.05, 4.69) is 22.2 Å². The fourth-order valence-electron chi connectivity index (χ4n) is 2.24. The molecule has 0 saturated carbocycles. The summed E-state index contributed by atoms with van der Waals surface area (Å²) in [5.74, 6) is 0. The summed E-state index contributed by atoms with van der Waals surface area (Å²) in [5.41, 5.74) is 0.680. The second-order valence-corrected chi connectivity index (χ2v) is 4.68. The number of nitrogens with one attached hydrogen (secondary N) is 1. The van der Waals surface area contributed by atoms with Gasteiger partial charge in [0.05, 0.1) is 31.1 Å². The minimum Gasteiger partial charge on any atom is -0.384 e. The van der Waals surface area contributed by atoms with Crippen LogP contribution in [0.4, 0.5) is 5.69 Å². The number of nitrogens with zero attached hydrogens (tertiary/aromatic N) is 3. The Bertz CT molecular complexity index is 460. The highest BCUT2D eigenvalue weighted by atomic mass is 16.5. The summed E-state index contributed by atoms with van der Waals surface area (Å²) in [7, 11) is 0. The standard InChI is InChI=1S/C13H22N4O2/c1-3-14-11-7-13(18)17(15-8-11)10-12-9-16(4-2)5-6-19-12/h7-8,12,14H,3-6,9-10H2,1-2H3. The topological polar surface area (TPSA) is 59.4 Å². The van der Waals surface area contributed by atoms with Gasteiger partial charge in [0, 0.05) is 25.7 Å². The summed E-state index contributed by atoms with van der Waals surface area (Å²) in [6.07, 6.45) is 1.73. The van der Waals surface area contributed by atoms with Crippen LogP contribution in [0.15, 0.2) is 17.1 Å². The van der Waals surface area contributed by atoms with E-state index in [1.54, 1.807) is 12.3 Å². The molecule has 0 bridgehead atoms. The lowest BCUT2D eigenvalue weighted by molar-refractivity contribution is -0.0364. The number of anilines is 1. The molecule has 2 rings (SSSR count). The Kier molecular flexibility index (Phi) is 4.93. The predicted molar refractivity (Wildman–Crippen MR) is 74.5 cm³/mol. The van der Waals surface area contributed by atoms with E-state index in [0.717, 1.165) is 38.5 Å². The summed E-state index contributed by atoms with van der Waals surface area (Å²) < 4.78 is 7.17. The predicted octanol–water partition coefficient (Wildman–Crippen LogP) is 0.396. The largest absolute Gasteiger partial charge is 0.384 e. The number of aromatic nitrogens is 2. The molecule has 2 heterocycles. The zero-order valence-electron chi connectivity index (χ0n) is 11.6. The normalized spacial score (nSPS) is 20.4. The van der Waals surface area contributed by atoms with Crippen molar-refractivity contribution in [3.8, 4) is 0 Å². The summed E-state index contributed by atoms with van der Waals surface area (Å²) in [4.78, 5) is 14.3. The van der Waals surface area contributed by atoms with Crippen molar-refractivity contribution >= 4 is 5.69 Å². The van der Waals surface area contributed by atoms with E-state index < -0.39 is 0 Å². The molecule has 0 aromatic carbocycles. The first kappa shape index (κ1) is 14.0. The molecule has 6 heteroatoms. The molecule has 0 amide bonds. The molecule has 1 aliphatic rings. The molecule has 1 saturated heterocycles. The maximum atomic E-state index is 11.9. The van der Waals surface area contributed by atoms with Crippen molar-refractivity contribution in [1.29, 1.82) is 0 Å². The summed E-state index contributed by atoms with van der Waals surface area (Å²) in [6.45, 7) is 8.99. The van der Waals surface area contributed by atoms with E-state index in [1.165, 1.54) is 4.68 Å². The molecule has 1 atom stereocenters. The van der Waals surface area contributed by atoms with Gasteiger partial charge in [0.2, 0.25) is 0 Å². The number of rotatable bonds is 5. The maximum absolute atomic E-state index is 11.9. The summed E-state index contributed by atoms with van der Waals surface area (Å²) in [6, 6.07) is 1.58. The molecule has 1 aromatic heterocycles.